The summed E-state index contributed by atoms with van der Waals surface area (Å²) in [7, 11) is -1.93. The third-order valence-electron chi connectivity index (χ3n) is 2.47. The molecule has 0 spiro atoms. The predicted molar refractivity (Wildman–Crippen MR) is 70.8 cm³/mol. The number of likely N-dealkylation sites (N-methyl/N-ethyl adjacent to an activating group) is 2. The summed E-state index contributed by atoms with van der Waals surface area (Å²) >= 11 is 0. The smallest absolute Gasteiger partial charge is 0.246 e. The van der Waals surface area contributed by atoms with Gasteiger partial charge in [-0.1, -0.05) is 13.0 Å². The van der Waals surface area contributed by atoms with Crippen LogP contribution >= 0.6 is 0 Å². The molecule has 1 N–H and O–H groups in total. The highest BCUT2D eigenvalue weighted by Gasteiger charge is 2.21. The number of hydrogen-bond acceptors (Lipinski definition) is 4. The van der Waals surface area contributed by atoms with Gasteiger partial charge in [-0.25, -0.2) is 8.42 Å². The van der Waals surface area contributed by atoms with Crippen molar-refractivity contribution in [3.8, 4) is 0 Å². The molecule has 0 aliphatic rings. The van der Waals surface area contributed by atoms with Gasteiger partial charge in [-0.2, -0.15) is 9.40 Å². The monoisotopic (exact) mass is 272 g/mol. The number of nitrogens with zero attached hydrogens (tertiary/aromatic N) is 3. The van der Waals surface area contributed by atoms with Gasteiger partial charge in [0.15, 0.2) is 0 Å². The Hall–Kier alpha value is -1.18. The zero-order valence-corrected chi connectivity index (χ0v) is 11.7. The first kappa shape index (κ1) is 14.9. The lowest BCUT2D eigenvalue weighted by molar-refractivity contribution is 0.499. The molecule has 0 fully saturated rings. The second kappa shape index (κ2) is 6.67. The minimum Gasteiger partial charge on any atom is -0.315 e. The van der Waals surface area contributed by atoms with Crippen molar-refractivity contribution in [2.75, 3.05) is 26.7 Å². The van der Waals surface area contributed by atoms with Gasteiger partial charge < -0.3 is 5.32 Å². The lowest BCUT2D eigenvalue weighted by Gasteiger charge is -2.13. The average Bonchev–Trinajstić information content (AvgIpc) is 2.79. The summed E-state index contributed by atoms with van der Waals surface area (Å²) in [5, 5.41) is 7.20. The van der Waals surface area contributed by atoms with Crippen molar-refractivity contribution in [1.82, 2.24) is 19.4 Å². The predicted octanol–water partition coefficient (Wildman–Crippen LogP) is 0.299. The van der Waals surface area contributed by atoms with Crippen molar-refractivity contribution in [3.05, 3.63) is 25.0 Å². The first-order chi connectivity index (χ1) is 8.52. The normalized spacial score (nSPS) is 11.9. The standard InChI is InChI=1S/C11H20N4O2S/c1-4-7-14(3)18(16,17)11-9-13-15(10-11)8-6-12-5-2/h4,9-10,12H,1,5-8H2,2-3H3. The van der Waals surface area contributed by atoms with E-state index in [0.717, 1.165) is 13.1 Å². The lowest BCUT2D eigenvalue weighted by atomic mass is 10.6. The van der Waals surface area contributed by atoms with Crippen LogP contribution in [-0.2, 0) is 16.6 Å². The quantitative estimate of drug-likeness (QED) is 0.546. The van der Waals surface area contributed by atoms with E-state index in [9.17, 15) is 8.42 Å². The third-order valence-corrected chi connectivity index (χ3v) is 4.25. The van der Waals surface area contributed by atoms with Gasteiger partial charge in [0.1, 0.15) is 4.90 Å². The van der Waals surface area contributed by atoms with Gasteiger partial charge in [0.2, 0.25) is 10.0 Å². The largest absolute Gasteiger partial charge is 0.315 e. The maximum absolute atomic E-state index is 12.1. The van der Waals surface area contributed by atoms with Gasteiger partial charge in [-0.15, -0.1) is 6.58 Å². The van der Waals surface area contributed by atoms with Crippen molar-refractivity contribution < 1.29 is 8.42 Å². The summed E-state index contributed by atoms with van der Waals surface area (Å²) in [6.45, 7) is 8.12. The number of sulfonamides is 1. The van der Waals surface area contributed by atoms with E-state index >= 15 is 0 Å². The Kier molecular flexibility index (Phi) is 5.52. The van der Waals surface area contributed by atoms with Crippen molar-refractivity contribution in [3.63, 3.8) is 0 Å². The van der Waals surface area contributed by atoms with Crippen LogP contribution in [0.25, 0.3) is 0 Å². The van der Waals surface area contributed by atoms with Gasteiger partial charge in [-0.3, -0.25) is 4.68 Å². The van der Waals surface area contributed by atoms with Crippen LogP contribution in [0.5, 0.6) is 0 Å². The molecule has 0 saturated heterocycles. The van der Waals surface area contributed by atoms with Crippen LogP contribution in [-0.4, -0.2) is 49.2 Å². The fourth-order valence-corrected chi connectivity index (χ4v) is 2.53. The van der Waals surface area contributed by atoms with Crippen LogP contribution in [0, 0.1) is 0 Å². The molecule has 0 atom stereocenters. The van der Waals surface area contributed by atoms with E-state index in [1.165, 1.54) is 17.5 Å². The highest BCUT2D eigenvalue weighted by molar-refractivity contribution is 7.89. The molecule has 0 amide bonds. The minimum atomic E-state index is -3.45. The molecule has 0 aromatic carbocycles. The molecule has 0 radical (unpaired) electrons. The van der Waals surface area contributed by atoms with Gasteiger partial charge >= 0.3 is 0 Å². The molecule has 0 bridgehead atoms. The SMILES string of the molecule is C=CCN(C)S(=O)(=O)c1cnn(CCNCC)c1. The third kappa shape index (κ3) is 3.66. The Morgan fingerprint density at radius 2 is 2.33 bits per heavy atom. The zero-order chi connectivity index (χ0) is 13.6. The minimum absolute atomic E-state index is 0.211. The summed E-state index contributed by atoms with van der Waals surface area (Å²) < 4.78 is 27.0. The molecule has 1 aromatic rings. The first-order valence-corrected chi connectivity index (χ1v) is 7.26. The summed E-state index contributed by atoms with van der Waals surface area (Å²) in [6, 6.07) is 0. The maximum atomic E-state index is 12.1. The van der Waals surface area contributed by atoms with Crippen LogP contribution < -0.4 is 5.32 Å². The van der Waals surface area contributed by atoms with Crippen LogP contribution in [0.1, 0.15) is 6.92 Å². The number of aromatic nitrogens is 2. The summed E-state index contributed by atoms with van der Waals surface area (Å²) in [5.41, 5.74) is 0. The second-order valence-electron chi connectivity index (χ2n) is 3.87. The van der Waals surface area contributed by atoms with Crippen molar-refractivity contribution in [2.45, 2.75) is 18.4 Å². The van der Waals surface area contributed by atoms with E-state index in [1.54, 1.807) is 17.0 Å². The van der Waals surface area contributed by atoms with Crippen LogP contribution in [0.2, 0.25) is 0 Å². The van der Waals surface area contributed by atoms with Crippen LogP contribution in [0.15, 0.2) is 29.9 Å². The van der Waals surface area contributed by atoms with E-state index in [4.69, 9.17) is 0 Å². The Labute approximate surface area is 108 Å². The van der Waals surface area contributed by atoms with E-state index < -0.39 is 10.0 Å². The van der Waals surface area contributed by atoms with E-state index in [2.05, 4.69) is 17.0 Å². The topological polar surface area (TPSA) is 67.2 Å². The molecule has 1 aromatic heterocycles. The second-order valence-corrected chi connectivity index (χ2v) is 5.91. The molecule has 7 heteroatoms. The fourth-order valence-electron chi connectivity index (χ4n) is 1.43. The molecule has 1 rings (SSSR count). The Morgan fingerprint density at radius 3 is 2.94 bits per heavy atom. The summed E-state index contributed by atoms with van der Waals surface area (Å²) in [6.07, 6.45) is 4.47. The lowest BCUT2D eigenvalue weighted by Crippen LogP contribution is -2.26. The maximum Gasteiger partial charge on any atom is 0.246 e. The van der Waals surface area contributed by atoms with Gasteiger partial charge in [0.25, 0.3) is 0 Å². The van der Waals surface area contributed by atoms with Crippen molar-refractivity contribution in [1.29, 1.82) is 0 Å². The molecule has 102 valence electrons. The number of hydrogen-bond donors (Lipinski definition) is 1. The Bertz CT molecular complexity index is 481. The molecule has 0 aliphatic heterocycles. The average molecular weight is 272 g/mol. The Balaban J connectivity index is 2.75. The molecule has 6 nitrogen and oxygen atoms in total. The molecule has 1 heterocycles. The van der Waals surface area contributed by atoms with E-state index in [0.29, 0.717) is 6.54 Å². The van der Waals surface area contributed by atoms with Gasteiger partial charge in [-0.05, 0) is 6.54 Å². The first-order valence-electron chi connectivity index (χ1n) is 5.82. The van der Waals surface area contributed by atoms with Crippen LogP contribution in [0.3, 0.4) is 0 Å². The summed E-state index contributed by atoms with van der Waals surface area (Å²) in [4.78, 5) is 0.211. The highest BCUT2D eigenvalue weighted by atomic mass is 32.2. The number of nitrogens with one attached hydrogen (secondary N) is 1. The van der Waals surface area contributed by atoms with Gasteiger partial charge in [0.05, 0.1) is 12.7 Å². The molecule has 0 saturated carbocycles. The van der Waals surface area contributed by atoms with E-state index in [1.807, 2.05) is 6.92 Å². The van der Waals surface area contributed by atoms with Crippen molar-refractivity contribution in [2.24, 2.45) is 0 Å². The van der Waals surface area contributed by atoms with Crippen LogP contribution in [0.4, 0.5) is 0 Å². The molecular formula is C11H20N4O2S. The fraction of sp³-hybridized carbons (Fsp3) is 0.545. The molecule has 0 aliphatic carbocycles. The molecular weight excluding hydrogens is 252 g/mol. The van der Waals surface area contributed by atoms with E-state index in [-0.39, 0.29) is 11.4 Å². The van der Waals surface area contributed by atoms with Gasteiger partial charge in [0, 0.05) is 26.3 Å². The Morgan fingerprint density at radius 1 is 1.61 bits per heavy atom. The molecule has 0 unspecified atom stereocenters. The highest BCUT2D eigenvalue weighted by Crippen LogP contribution is 2.12. The molecule has 18 heavy (non-hydrogen) atoms. The zero-order valence-electron chi connectivity index (χ0n) is 10.8. The summed E-state index contributed by atoms with van der Waals surface area (Å²) in [5.74, 6) is 0. The number of rotatable bonds is 8. The van der Waals surface area contributed by atoms with Crippen molar-refractivity contribution >= 4 is 10.0 Å².